The molecule has 0 spiro atoms. The molecule has 0 aliphatic heterocycles. The summed E-state index contributed by atoms with van der Waals surface area (Å²) in [7, 11) is 0. The predicted molar refractivity (Wildman–Crippen MR) is 85.0 cm³/mol. The summed E-state index contributed by atoms with van der Waals surface area (Å²) < 4.78 is 5.38. The number of thiazole rings is 1. The van der Waals surface area contributed by atoms with Gasteiger partial charge >= 0.3 is 0 Å². The Morgan fingerprint density at radius 1 is 1.35 bits per heavy atom. The molecule has 20 heavy (non-hydrogen) atoms. The number of Topliss-reactive ketones (excluding diaryl/α,β-unsaturated/α-hetero) is 1. The number of benzene rings is 1. The summed E-state index contributed by atoms with van der Waals surface area (Å²) in [6.07, 6.45) is 0. The van der Waals surface area contributed by atoms with Crippen molar-refractivity contribution in [3.05, 3.63) is 34.8 Å². The average Bonchev–Trinajstić information content (AvgIpc) is 2.73. The van der Waals surface area contributed by atoms with Gasteiger partial charge in [0.2, 0.25) is 0 Å². The van der Waals surface area contributed by atoms with Crippen LogP contribution in [0, 0.1) is 6.92 Å². The van der Waals surface area contributed by atoms with Gasteiger partial charge in [0.05, 0.1) is 17.2 Å². The third-order valence-electron chi connectivity index (χ3n) is 2.53. The largest absolute Gasteiger partial charge is 0.494 e. The van der Waals surface area contributed by atoms with Crippen LogP contribution in [0.15, 0.2) is 24.3 Å². The molecule has 108 valence electrons. The maximum absolute atomic E-state index is 11.4. The first-order valence-electron chi connectivity index (χ1n) is 6.08. The van der Waals surface area contributed by atoms with Crippen molar-refractivity contribution in [2.24, 2.45) is 0 Å². The van der Waals surface area contributed by atoms with Crippen LogP contribution in [-0.2, 0) is 0 Å². The molecule has 2 aromatic rings. The fourth-order valence-electron chi connectivity index (χ4n) is 1.70. The topological polar surface area (TPSA) is 51.2 Å². The van der Waals surface area contributed by atoms with Crippen LogP contribution in [0.4, 0.5) is 10.8 Å². The number of rotatable bonds is 5. The summed E-state index contributed by atoms with van der Waals surface area (Å²) >= 11 is 1.37. The fourth-order valence-corrected chi connectivity index (χ4v) is 2.58. The van der Waals surface area contributed by atoms with Crippen molar-refractivity contribution in [3.8, 4) is 5.75 Å². The highest BCUT2D eigenvalue weighted by Gasteiger charge is 2.11. The number of nitrogens with one attached hydrogen (secondary N) is 1. The second-order valence-electron chi connectivity index (χ2n) is 4.07. The molecule has 2 rings (SSSR count). The molecule has 0 radical (unpaired) electrons. The van der Waals surface area contributed by atoms with E-state index in [0.29, 0.717) is 11.5 Å². The Morgan fingerprint density at radius 2 is 2.00 bits per heavy atom. The number of nitrogens with zero attached hydrogens (tertiary/aromatic N) is 1. The third-order valence-corrected chi connectivity index (χ3v) is 3.71. The molecule has 4 nitrogen and oxygen atoms in total. The second-order valence-corrected chi connectivity index (χ2v) is 5.07. The van der Waals surface area contributed by atoms with Gasteiger partial charge in [0, 0.05) is 12.6 Å². The molecule has 1 aromatic carbocycles. The van der Waals surface area contributed by atoms with Crippen molar-refractivity contribution in [1.82, 2.24) is 4.98 Å². The fraction of sp³-hybridized carbons (Fsp3) is 0.286. The van der Waals surface area contributed by atoms with Crippen LogP contribution in [-0.4, -0.2) is 17.4 Å². The van der Waals surface area contributed by atoms with Gasteiger partial charge in [-0.15, -0.1) is 12.4 Å². The quantitative estimate of drug-likeness (QED) is 0.840. The third kappa shape index (κ3) is 3.95. The van der Waals surface area contributed by atoms with Gasteiger partial charge in [-0.05, 0) is 38.1 Å². The predicted octanol–water partition coefficient (Wildman–Crippen LogP) is 4.22. The molecule has 0 bridgehead atoms. The minimum absolute atomic E-state index is 0. The monoisotopic (exact) mass is 312 g/mol. The Morgan fingerprint density at radius 3 is 2.50 bits per heavy atom. The summed E-state index contributed by atoms with van der Waals surface area (Å²) in [5.41, 5.74) is 1.69. The molecule has 0 aliphatic carbocycles. The number of ketones is 1. The minimum Gasteiger partial charge on any atom is -0.494 e. The van der Waals surface area contributed by atoms with Crippen LogP contribution in [0.1, 0.15) is 29.2 Å². The zero-order valence-electron chi connectivity index (χ0n) is 11.6. The normalized spacial score (nSPS) is 9.75. The van der Waals surface area contributed by atoms with Crippen molar-refractivity contribution in [2.45, 2.75) is 20.8 Å². The Labute approximate surface area is 128 Å². The molecule has 0 saturated carbocycles. The Bertz CT molecular complexity index is 581. The van der Waals surface area contributed by atoms with E-state index in [1.165, 1.54) is 11.3 Å². The molecule has 1 aromatic heterocycles. The van der Waals surface area contributed by atoms with Crippen LogP contribution in [0.25, 0.3) is 0 Å². The zero-order chi connectivity index (χ0) is 13.8. The molecule has 0 aliphatic rings. The first-order chi connectivity index (χ1) is 9.10. The lowest BCUT2D eigenvalue weighted by atomic mass is 10.3. The molecule has 0 unspecified atom stereocenters. The summed E-state index contributed by atoms with van der Waals surface area (Å²) in [5.74, 6) is 0.891. The smallest absolute Gasteiger partial charge is 0.188 e. The lowest BCUT2D eigenvalue weighted by Crippen LogP contribution is -1.92. The SMILES string of the molecule is CCOc1ccc(Nc2nc(C)c(C(C)=O)s2)cc1.Cl. The maximum Gasteiger partial charge on any atom is 0.188 e. The number of halogens is 1. The molecule has 6 heteroatoms. The van der Waals surface area contributed by atoms with Crippen LogP contribution in [0.2, 0.25) is 0 Å². The number of ether oxygens (including phenoxy) is 1. The zero-order valence-corrected chi connectivity index (χ0v) is 13.2. The summed E-state index contributed by atoms with van der Waals surface area (Å²) in [4.78, 5) is 16.4. The highest BCUT2D eigenvalue weighted by atomic mass is 35.5. The Balaban J connectivity index is 0.00000200. The van der Waals surface area contributed by atoms with Gasteiger partial charge in [-0.25, -0.2) is 4.98 Å². The Kier molecular flexibility index (Phi) is 5.98. The van der Waals surface area contributed by atoms with Gasteiger partial charge in [0.25, 0.3) is 0 Å². The number of hydrogen-bond donors (Lipinski definition) is 1. The first-order valence-corrected chi connectivity index (χ1v) is 6.90. The van der Waals surface area contributed by atoms with E-state index < -0.39 is 0 Å². The number of anilines is 2. The lowest BCUT2D eigenvalue weighted by Gasteiger charge is -2.05. The van der Waals surface area contributed by atoms with Gasteiger partial charge in [-0.3, -0.25) is 4.79 Å². The van der Waals surface area contributed by atoms with Gasteiger partial charge in [0.15, 0.2) is 10.9 Å². The summed E-state index contributed by atoms with van der Waals surface area (Å²) in [6, 6.07) is 7.65. The highest BCUT2D eigenvalue weighted by molar-refractivity contribution is 7.17. The van der Waals surface area contributed by atoms with E-state index in [-0.39, 0.29) is 18.2 Å². The van der Waals surface area contributed by atoms with E-state index >= 15 is 0 Å². The van der Waals surface area contributed by atoms with E-state index in [1.54, 1.807) is 6.92 Å². The van der Waals surface area contributed by atoms with Gasteiger partial charge in [-0.2, -0.15) is 0 Å². The molecule has 0 saturated heterocycles. The lowest BCUT2D eigenvalue weighted by molar-refractivity contribution is 0.102. The maximum atomic E-state index is 11.4. The number of aryl methyl sites for hydroxylation is 1. The minimum atomic E-state index is 0. The average molecular weight is 313 g/mol. The number of carbonyl (C=O) groups excluding carboxylic acids is 1. The first kappa shape index (κ1) is 16.5. The van der Waals surface area contributed by atoms with Gasteiger partial charge in [-0.1, -0.05) is 11.3 Å². The molecule has 1 heterocycles. The second kappa shape index (κ2) is 7.26. The van der Waals surface area contributed by atoms with Gasteiger partial charge < -0.3 is 10.1 Å². The van der Waals surface area contributed by atoms with E-state index in [2.05, 4.69) is 10.3 Å². The Hall–Kier alpha value is -1.59. The molecule has 0 fully saturated rings. The van der Waals surface area contributed by atoms with Crippen LogP contribution < -0.4 is 10.1 Å². The highest BCUT2D eigenvalue weighted by Crippen LogP contribution is 2.26. The van der Waals surface area contributed by atoms with Crippen LogP contribution >= 0.6 is 23.7 Å². The number of carbonyl (C=O) groups is 1. The van der Waals surface area contributed by atoms with Crippen LogP contribution in [0.5, 0.6) is 5.75 Å². The van der Waals surface area contributed by atoms with E-state index in [9.17, 15) is 4.79 Å². The van der Waals surface area contributed by atoms with E-state index in [4.69, 9.17) is 4.74 Å². The number of aromatic nitrogens is 1. The molecule has 1 N–H and O–H groups in total. The number of hydrogen-bond acceptors (Lipinski definition) is 5. The molecular formula is C14H17ClN2O2S. The van der Waals surface area contributed by atoms with Crippen LogP contribution in [0.3, 0.4) is 0 Å². The summed E-state index contributed by atoms with van der Waals surface area (Å²) in [6.45, 7) is 6.01. The van der Waals surface area contributed by atoms with Crippen molar-refractivity contribution in [1.29, 1.82) is 0 Å². The summed E-state index contributed by atoms with van der Waals surface area (Å²) in [5, 5.41) is 3.92. The van der Waals surface area contributed by atoms with E-state index in [1.807, 2.05) is 38.1 Å². The van der Waals surface area contributed by atoms with Crippen molar-refractivity contribution in [3.63, 3.8) is 0 Å². The van der Waals surface area contributed by atoms with E-state index in [0.717, 1.165) is 22.3 Å². The standard InChI is InChI=1S/C14H16N2O2S.ClH/c1-4-18-12-7-5-11(6-8-12)16-14-15-9(2)13(19-14)10(3)17;/h5-8H,4H2,1-3H3,(H,15,16);1H. The van der Waals surface area contributed by atoms with Crippen molar-refractivity contribution < 1.29 is 9.53 Å². The van der Waals surface area contributed by atoms with Crippen molar-refractivity contribution >= 4 is 40.3 Å². The molecular weight excluding hydrogens is 296 g/mol. The molecule has 0 atom stereocenters. The van der Waals surface area contributed by atoms with Gasteiger partial charge in [0.1, 0.15) is 5.75 Å². The van der Waals surface area contributed by atoms with Crippen molar-refractivity contribution in [2.75, 3.05) is 11.9 Å². The molecule has 0 amide bonds.